The number of nitrogens with one attached hydrogen (secondary N) is 2. The molecule has 7 rings (SSSR count). The number of hydrogen-bond donors (Lipinski definition) is 2. The van der Waals surface area contributed by atoms with Gasteiger partial charge in [-0.05, 0) is 123 Å². The number of aromatic nitrogens is 1. The molecule has 2 N–H and O–H groups in total. The van der Waals surface area contributed by atoms with Crippen molar-refractivity contribution in [1.29, 1.82) is 0 Å². The molecule has 4 fully saturated rings. The van der Waals surface area contributed by atoms with Crippen LogP contribution in [0.25, 0.3) is 22.6 Å². The van der Waals surface area contributed by atoms with Crippen molar-refractivity contribution in [3.8, 4) is 11.5 Å². The van der Waals surface area contributed by atoms with Crippen molar-refractivity contribution in [3.05, 3.63) is 46.5 Å². The highest BCUT2D eigenvalue weighted by Gasteiger charge is 2.51. The fourth-order valence-corrected chi connectivity index (χ4v) is 7.87. The molecule has 2 aromatic carbocycles. The summed E-state index contributed by atoms with van der Waals surface area (Å²) in [6, 6.07) is 9.54. The molecule has 0 radical (unpaired) electrons. The average molecular weight is 508 g/mol. The number of carbonyl (C=O) groups is 1. The van der Waals surface area contributed by atoms with E-state index in [1.54, 1.807) is 6.07 Å². The molecule has 182 valence electrons. The van der Waals surface area contributed by atoms with Crippen LogP contribution in [0.4, 0.5) is 5.69 Å². The predicted octanol–water partition coefficient (Wildman–Crippen LogP) is 7.18. The molecule has 4 aliphatic carbocycles. The molecule has 4 aliphatic rings. The van der Waals surface area contributed by atoms with Crippen molar-refractivity contribution in [1.82, 2.24) is 10.3 Å². The van der Waals surface area contributed by atoms with Crippen LogP contribution in [0.2, 0.25) is 5.02 Å². The largest absolute Gasteiger partial charge is 0.436 e. The molecular weight excluding hydrogens is 478 g/mol. The first kappa shape index (κ1) is 23.0. The van der Waals surface area contributed by atoms with Crippen molar-refractivity contribution < 1.29 is 9.21 Å². The Hall–Kier alpha value is -2.44. The first-order chi connectivity index (χ1) is 16.7. The van der Waals surface area contributed by atoms with E-state index < -0.39 is 0 Å². The number of fused-ring (bicyclic) bond motifs is 1. The lowest BCUT2D eigenvalue weighted by molar-refractivity contribution is -0.127. The third-order valence-corrected chi connectivity index (χ3v) is 8.76. The second-order valence-electron chi connectivity index (χ2n) is 11.2. The van der Waals surface area contributed by atoms with Crippen LogP contribution in [-0.2, 0) is 4.79 Å². The van der Waals surface area contributed by atoms with Crippen molar-refractivity contribution in [3.63, 3.8) is 0 Å². The number of hydrogen-bond acceptors (Lipinski definition) is 4. The molecule has 4 bridgehead atoms. The number of thiocarbonyl (C=S) groups is 1. The van der Waals surface area contributed by atoms with Crippen molar-refractivity contribution in [2.24, 2.45) is 23.2 Å². The number of carbonyl (C=O) groups excluding carboxylic acids is 1. The highest BCUT2D eigenvalue weighted by molar-refractivity contribution is 7.80. The Morgan fingerprint density at radius 2 is 1.80 bits per heavy atom. The maximum absolute atomic E-state index is 12.9. The quantitative estimate of drug-likeness (QED) is 0.366. The summed E-state index contributed by atoms with van der Waals surface area (Å²) in [6.45, 7) is 4.05. The van der Waals surface area contributed by atoms with E-state index in [9.17, 15) is 4.79 Å². The number of nitrogens with zero attached hydrogens (tertiary/aromatic N) is 1. The van der Waals surface area contributed by atoms with Crippen molar-refractivity contribution >= 4 is 51.6 Å². The first-order valence-corrected chi connectivity index (χ1v) is 13.3. The molecule has 1 aromatic heterocycles. The fourth-order valence-electron chi connectivity index (χ4n) is 7.44. The topological polar surface area (TPSA) is 67.2 Å². The molecule has 0 saturated heterocycles. The number of benzene rings is 2. The van der Waals surface area contributed by atoms with E-state index in [2.05, 4.69) is 21.7 Å². The lowest BCUT2D eigenvalue weighted by atomic mass is 9.49. The Kier molecular flexibility index (Phi) is 5.65. The van der Waals surface area contributed by atoms with Gasteiger partial charge < -0.3 is 15.1 Å². The highest BCUT2D eigenvalue weighted by Crippen LogP contribution is 2.61. The number of aryl methyl sites for hydroxylation is 2. The van der Waals surface area contributed by atoms with Crippen LogP contribution in [-0.4, -0.2) is 16.0 Å². The molecule has 5 nitrogen and oxygen atoms in total. The highest BCUT2D eigenvalue weighted by atomic mass is 35.5. The van der Waals surface area contributed by atoms with Crippen LogP contribution in [0.5, 0.6) is 0 Å². The predicted molar refractivity (Wildman–Crippen MR) is 144 cm³/mol. The molecule has 0 atom stereocenters. The molecule has 7 heteroatoms. The molecule has 0 unspecified atom stereocenters. The van der Waals surface area contributed by atoms with E-state index in [-0.39, 0.29) is 11.3 Å². The Bertz CT molecular complexity index is 1310. The molecule has 4 saturated carbocycles. The molecule has 3 aromatic rings. The van der Waals surface area contributed by atoms with Gasteiger partial charge in [0, 0.05) is 12.1 Å². The molecule has 0 spiro atoms. The normalized spacial score (nSPS) is 26.8. The van der Waals surface area contributed by atoms with Crippen LogP contribution in [0.1, 0.15) is 56.1 Å². The van der Waals surface area contributed by atoms with E-state index in [1.165, 1.54) is 38.5 Å². The van der Waals surface area contributed by atoms with Gasteiger partial charge in [-0.25, -0.2) is 4.98 Å². The van der Waals surface area contributed by atoms with Gasteiger partial charge in [-0.1, -0.05) is 17.7 Å². The Morgan fingerprint density at radius 3 is 2.49 bits per heavy atom. The van der Waals surface area contributed by atoms with Crippen molar-refractivity contribution in [2.75, 3.05) is 5.32 Å². The van der Waals surface area contributed by atoms with Crippen LogP contribution in [0.15, 0.2) is 34.7 Å². The zero-order chi connectivity index (χ0) is 24.3. The summed E-state index contributed by atoms with van der Waals surface area (Å²) in [5, 5.41) is 6.90. The van der Waals surface area contributed by atoms with Crippen LogP contribution < -0.4 is 10.6 Å². The van der Waals surface area contributed by atoms with Crippen molar-refractivity contribution in [2.45, 2.75) is 58.8 Å². The Balaban J connectivity index is 1.14. The number of amides is 1. The summed E-state index contributed by atoms with van der Waals surface area (Å²) in [5.74, 6) is 2.95. The smallest absolute Gasteiger partial charge is 0.228 e. The van der Waals surface area contributed by atoms with E-state index in [4.69, 9.17) is 28.2 Å². The zero-order valence-corrected chi connectivity index (χ0v) is 21.7. The molecular formula is C28H30ClN3O2S. The zero-order valence-electron chi connectivity index (χ0n) is 20.1. The molecule has 1 heterocycles. The average Bonchev–Trinajstić information content (AvgIpc) is 3.17. The summed E-state index contributed by atoms with van der Waals surface area (Å²) < 4.78 is 6.05. The lowest BCUT2D eigenvalue weighted by Crippen LogP contribution is -2.48. The van der Waals surface area contributed by atoms with Gasteiger partial charge in [-0.15, -0.1) is 0 Å². The van der Waals surface area contributed by atoms with Gasteiger partial charge in [0.05, 0.1) is 10.6 Å². The minimum absolute atomic E-state index is 0.0171. The summed E-state index contributed by atoms with van der Waals surface area (Å²) in [5.41, 5.74) is 5.31. The third kappa shape index (κ3) is 4.47. The second kappa shape index (κ2) is 8.59. The van der Waals surface area contributed by atoms with Gasteiger partial charge in [0.15, 0.2) is 10.7 Å². The summed E-state index contributed by atoms with van der Waals surface area (Å²) in [7, 11) is 0. The van der Waals surface area contributed by atoms with Crippen LogP contribution in [0.3, 0.4) is 0 Å². The Labute approximate surface area is 216 Å². The fraction of sp³-hybridized carbons (Fsp3) is 0.464. The summed E-state index contributed by atoms with van der Waals surface area (Å²) >= 11 is 12.0. The molecule has 1 amide bonds. The minimum atomic E-state index is 0.0171. The summed E-state index contributed by atoms with van der Waals surface area (Å²) in [6.07, 6.45) is 8.31. The van der Waals surface area contributed by atoms with Gasteiger partial charge in [0.2, 0.25) is 11.8 Å². The van der Waals surface area contributed by atoms with Gasteiger partial charge in [0.1, 0.15) is 5.52 Å². The maximum Gasteiger partial charge on any atom is 0.228 e. The molecule has 35 heavy (non-hydrogen) atoms. The monoisotopic (exact) mass is 507 g/mol. The molecule has 0 aliphatic heterocycles. The number of oxazole rings is 1. The van der Waals surface area contributed by atoms with Crippen LogP contribution in [0, 0.1) is 37.0 Å². The first-order valence-electron chi connectivity index (χ1n) is 12.5. The number of rotatable bonds is 4. The second-order valence-corrected chi connectivity index (χ2v) is 12.1. The van der Waals surface area contributed by atoms with Gasteiger partial charge in [-0.2, -0.15) is 0 Å². The van der Waals surface area contributed by atoms with E-state index in [0.717, 1.165) is 45.7 Å². The lowest BCUT2D eigenvalue weighted by Gasteiger charge is -2.56. The SMILES string of the molecule is Cc1cc(C)c2oc(-c3cc(NC(=S)NC(=O)CC45CC6CC(CC(C6)C4)C5)ccc3Cl)nc2c1. The van der Waals surface area contributed by atoms with Gasteiger partial charge in [-0.3, -0.25) is 4.79 Å². The standard InChI is InChI=1S/C28H30ClN3O2S/c1-15-5-16(2)25-23(6-15)31-26(34-25)21-10-20(3-4-22(21)29)30-27(35)32-24(33)14-28-11-17-7-18(12-28)9-19(8-17)13-28/h3-6,10,17-19H,7-9,11-14H2,1-2H3,(H2,30,32,33,35). The van der Waals surface area contributed by atoms with Gasteiger partial charge >= 0.3 is 0 Å². The summed E-state index contributed by atoms with van der Waals surface area (Å²) in [4.78, 5) is 17.6. The Morgan fingerprint density at radius 1 is 1.11 bits per heavy atom. The third-order valence-electron chi connectivity index (χ3n) is 8.23. The van der Waals surface area contributed by atoms with E-state index >= 15 is 0 Å². The van der Waals surface area contributed by atoms with E-state index in [1.807, 2.05) is 32.0 Å². The maximum atomic E-state index is 12.9. The number of anilines is 1. The van der Waals surface area contributed by atoms with Gasteiger partial charge in [0.25, 0.3) is 0 Å². The number of halogens is 1. The minimum Gasteiger partial charge on any atom is -0.436 e. The van der Waals surface area contributed by atoms with Crippen LogP contribution >= 0.6 is 23.8 Å². The van der Waals surface area contributed by atoms with E-state index in [0.29, 0.717) is 28.0 Å².